The summed E-state index contributed by atoms with van der Waals surface area (Å²) in [6.07, 6.45) is -4.43. The quantitative estimate of drug-likeness (QED) is 0.639. The Balaban J connectivity index is 2.60. The lowest BCUT2D eigenvalue weighted by molar-refractivity contribution is -0.138. The Labute approximate surface area is 111 Å². The maximum absolute atomic E-state index is 12.8. The first kappa shape index (κ1) is 13.7. The maximum Gasteiger partial charge on any atom is 0.418 e. The number of carbonyl (C=O) groups excluding carboxylic acids is 1. The highest BCUT2D eigenvalue weighted by Gasteiger charge is 2.34. The zero-order chi connectivity index (χ0) is 14.2. The number of pyridine rings is 1. The fourth-order valence-electron chi connectivity index (χ4n) is 1.97. The van der Waals surface area contributed by atoms with Crippen LogP contribution in [0.1, 0.15) is 16.8 Å². The highest BCUT2D eigenvalue weighted by molar-refractivity contribution is 6.30. The zero-order valence-electron chi connectivity index (χ0n) is 9.79. The van der Waals surface area contributed by atoms with Crippen LogP contribution < -0.4 is 0 Å². The van der Waals surface area contributed by atoms with E-state index in [0.717, 1.165) is 6.07 Å². The molecule has 0 bridgehead atoms. The molecule has 2 aromatic heterocycles. The number of carbonyl (C=O) groups is 1. The molecule has 2 heterocycles. The third-order valence-corrected chi connectivity index (χ3v) is 3.03. The molecule has 0 radical (unpaired) electrons. The van der Waals surface area contributed by atoms with E-state index in [1.165, 1.54) is 23.5 Å². The van der Waals surface area contributed by atoms with E-state index in [4.69, 9.17) is 11.6 Å². The van der Waals surface area contributed by atoms with E-state index in [0.29, 0.717) is 11.1 Å². The van der Waals surface area contributed by atoms with Crippen LogP contribution in [0.15, 0.2) is 18.2 Å². The van der Waals surface area contributed by atoms with E-state index in [9.17, 15) is 18.0 Å². The van der Waals surface area contributed by atoms with E-state index in [1.807, 2.05) is 0 Å². The minimum atomic E-state index is -4.43. The molecule has 0 amide bonds. The van der Waals surface area contributed by atoms with Crippen LogP contribution in [0.4, 0.5) is 13.2 Å². The third-order valence-electron chi connectivity index (χ3n) is 2.75. The van der Waals surface area contributed by atoms with Crippen molar-refractivity contribution in [3.63, 3.8) is 0 Å². The molecule has 0 saturated heterocycles. The van der Waals surface area contributed by atoms with Gasteiger partial charge in [-0.15, -0.1) is 0 Å². The Hall–Kier alpha value is -1.69. The standard InChI is InChI=1S/C12H9ClF3NO2/c1-7-10(12(14,15)16)4-9-2-8(5-19-6-18)3-11(13)17(7)9/h2-4,6H,5H2,1H3. The molecular weight excluding hydrogens is 283 g/mol. The zero-order valence-corrected chi connectivity index (χ0v) is 10.5. The number of rotatable bonds is 3. The number of hydrogen-bond donors (Lipinski definition) is 0. The fourth-order valence-corrected chi connectivity index (χ4v) is 2.33. The minimum absolute atomic E-state index is 0.0235. The second kappa shape index (κ2) is 4.77. The average molecular weight is 292 g/mol. The van der Waals surface area contributed by atoms with Gasteiger partial charge in [-0.3, -0.25) is 4.79 Å². The van der Waals surface area contributed by atoms with Crippen molar-refractivity contribution >= 4 is 23.6 Å². The predicted molar refractivity (Wildman–Crippen MR) is 63.0 cm³/mol. The Bertz CT molecular complexity index is 634. The second-order valence-electron chi connectivity index (χ2n) is 4.00. The van der Waals surface area contributed by atoms with Gasteiger partial charge in [-0.1, -0.05) is 11.6 Å². The van der Waals surface area contributed by atoms with E-state index in [1.54, 1.807) is 0 Å². The summed E-state index contributed by atoms with van der Waals surface area (Å²) in [5.41, 5.74) is 0.121. The highest BCUT2D eigenvalue weighted by atomic mass is 35.5. The smallest absolute Gasteiger partial charge is 0.418 e. The Morgan fingerprint density at radius 3 is 2.63 bits per heavy atom. The van der Waals surface area contributed by atoms with Gasteiger partial charge in [0.15, 0.2) is 0 Å². The monoisotopic (exact) mass is 291 g/mol. The van der Waals surface area contributed by atoms with Crippen molar-refractivity contribution in [3.8, 4) is 0 Å². The van der Waals surface area contributed by atoms with Gasteiger partial charge < -0.3 is 9.14 Å². The lowest BCUT2D eigenvalue weighted by Crippen LogP contribution is -2.06. The highest BCUT2D eigenvalue weighted by Crippen LogP contribution is 2.35. The first-order chi connectivity index (χ1) is 8.84. The number of ether oxygens (including phenoxy) is 1. The van der Waals surface area contributed by atoms with Crippen LogP contribution in [0.25, 0.3) is 5.52 Å². The molecule has 102 valence electrons. The third kappa shape index (κ3) is 2.53. The Morgan fingerprint density at radius 2 is 2.05 bits per heavy atom. The lowest BCUT2D eigenvalue weighted by atomic mass is 10.2. The normalized spacial score (nSPS) is 11.8. The minimum Gasteiger partial charge on any atom is -0.463 e. The van der Waals surface area contributed by atoms with Crippen molar-refractivity contribution in [2.45, 2.75) is 19.7 Å². The van der Waals surface area contributed by atoms with Crippen LogP contribution in [0, 0.1) is 6.92 Å². The van der Waals surface area contributed by atoms with Crippen LogP contribution in [0.5, 0.6) is 0 Å². The molecule has 0 unspecified atom stereocenters. The van der Waals surface area contributed by atoms with Crippen molar-refractivity contribution in [1.82, 2.24) is 4.40 Å². The number of halogens is 4. The lowest BCUT2D eigenvalue weighted by Gasteiger charge is -2.07. The molecular formula is C12H9ClF3NO2. The van der Waals surface area contributed by atoms with Gasteiger partial charge in [0.2, 0.25) is 0 Å². The molecule has 0 atom stereocenters. The van der Waals surface area contributed by atoms with Crippen LogP contribution in [0.3, 0.4) is 0 Å². The second-order valence-corrected chi connectivity index (χ2v) is 4.38. The number of aromatic nitrogens is 1. The number of hydrogen-bond acceptors (Lipinski definition) is 2. The number of nitrogens with zero attached hydrogens (tertiary/aromatic N) is 1. The maximum atomic E-state index is 12.8. The van der Waals surface area contributed by atoms with Crippen LogP contribution in [0.2, 0.25) is 5.15 Å². The molecule has 0 saturated carbocycles. The Morgan fingerprint density at radius 1 is 1.37 bits per heavy atom. The van der Waals surface area contributed by atoms with Crippen molar-refractivity contribution in [3.05, 3.63) is 40.2 Å². The summed E-state index contributed by atoms with van der Waals surface area (Å²) >= 11 is 5.96. The van der Waals surface area contributed by atoms with Crippen LogP contribution >= 0.6 is 11.6 Å². The molecule has 2 rings (SSSR count). The average Bonchev–Trinajstić information content (AvgIpc) is 2.64. The number of aryl methyl sites for hydroxylation is 1. The van der Waals surface area contributed by atoms with Gasteiger partial charge in [0.05, 0.1) is 5.56 Å². The molecule has 0 aliphatic heterocycles. The number of fused-ring (bicyclic) bond motifs is 1. The summed E-state index contributed by atoms with van der Waals surface area (Å²) in [4.78, 5) is 10.1. The molecule has 0 aromatic carbocycles. The molecule has 2 aromatic rings. The van der Waals surface area contributed by atoms with Gasteiger partial charge in [0.25, 0.3) is 6.47 Å². The molecule has 7 heteroatoms. The van der Waals surface area contributed by atoms with Crippen molar-refractivity contribution < 1.29 is 22.7 Å². The molecule has 0 aliphatic carbocycles. The van der Waals surface area contributed by atoms with Gasteiger partial charge >= 0.3 is 6.18 Å². The first-order valence-electron chi connectivity index (χ1n) is 5.27. The topological polar surface area (TPSA) is 30.7 Å². The predicted octanol–water partition coefficient (Wildman–Crippen LogP) is 3.59. The van der Waals surface area contributed by atoms with Crippen molar-refractivity contribution in [2.75, 3.05) is 0 Å². The summed E-state index contributed by atoms with van der Waals surface area (Å²) < 4.78 is 44.2. The summed E-state index contributed by atoms with van der Waals surface area (Å²) in [5.74, 6) is 0. The molecule has 19 heavy (non-hydrogen) atoms. The molecule has 0 spiro atoms. The van der Waals surface area contributed by atoms with Gasteiger partial charge in [-0.05, 0) is 30.7 Å². The van der Waals surface area contributed by atoms with Gasteiger partial charge in [-0.2, -0.15) is 13.2 Å². The molecule has 0 fully saturated rings. The van der Waals surface area contributed by atoms with E-state index >= 15 is 0 Å². The van der Waals surface area contributed by atoms with E-state index in [-0.39, 0.29) is 23.9 Å². The first-order valence-corrected chi connectivity index (χ1v) is 5.65. The Kier molecular flexibility index (Phi) is 3.45. The van der Waals surface area contributed by atoms with Crippen LogP contribution in [-0.2, 0) is 22.3 Å². The van der Waals surface area contributed by atoms with E-state index in [2.05, 4.69) is 4.74 Å². The van der Waals surface area contributed by atoms with Gasteiger partial charge in [0.1, 0.15) is 11.8 Å². The summed E-state index contributed by atoms with van der Waals surface area (Å²) in [5, 5.41) is 0.134. The van der Waals surface area contributed by atoms with Crippen molar-refractivity contribution in [1.29, 1.82) is 0 Å². The molecule has 0 aliphatic rings. The van der Waals surface area contributed by atoms with Crippen LogP contribution in [-0.4, -0.2) is 10.9 Å². The summed E-state index contributed by atoms with van der Waals surface area (Å²) in [6, 6.07) is 3.98. The van der Waals surface area contributed by atoms with E-state index < -0.39 is 11.7 Å². The summed E-state index contributed by atoms with van der Waals surface area (Å²) in [6.45, 7) is 1.58. The fraction of sp³-hybridized carbons (Fsp3) is 0.250. The van der Waals surface area contributed by atoms with Crippen molar-refractivity contribution in [2.24, 2.45) is 0 Å². The SMILES string of the molecule is Cc1c(C(F)(F)F)cc2cc(COC=O)cc(Cl)n12. The molecule has 3 nitrogen and oxygen atoms in total. The molecule has 0 N–H and O–H groups in total. The summed E-state index contributed by atoms with van der Waals surface area (Å²) in [7, 11) is 0. The number of alkyl halides is 3. The van der Waals surface area contributed by atoms with Gasteiger partial charge in [-0.25, -0.2) is 0 Å². The van der Waals surface area contributed by atoms with Gasteiger partial charge in [0, 0.05) is 11.2 Å². The largest absolute Gasteiger partial charge is 0.463 e.